The Morgan fingerprint density at radius 1 is 0.297 bits per heavy atom. The van der Waals surface area contributed by atoms with Gasteiger partial charge in [0, 0.05) is 39.9 Å². The van der Waals surface area contributed by atoms with Gasteiger partial charge in [-0.2, -0.15) is 0 Å². The largest absolute Gasteiger partial charge is 0.491 e. The van der Waals surface area contributed by atoms with E-state index in [0.717, 1.165) is 67.5 Å². The Morgan fingerprint density at radius 2 is 0.486 bits per heavy atom. The van der Waals surface area contributed by atoms with Gasteiger partial charge < -0.3 is 57.6 Å². The Bertz CT molecular complexity index is 2100. The van der Waals surface area contributed by atoms with Gasteiger partial charge in [-0.3, -0.25) is 0 Å². The Labute approximate surface area is 444 Å². The molecule has 0 saturated heterocycles. The van der Waals surface area contributed by atoms with Crippen molar-refractivity contribution in [2.45, 2.75) is 130 Å². The topological polar surface area (TPSA) is 133 Å². The highest BCUT2D eigenvalue weighted by atomic mass is 16.6. The van der Waals surface area contributed by atoms with E-state index >= 15 is 0 Å². The SMILES string of the molecule is COCCOc1c2cc(C(C)(C)C)cc1Cc1cc(C(C)(C)C)cc(c1OCCOCCOCCO)Cc1cc(C(C)(C)C)cc(c1OCCOC)Cc1cc(C(C)(C)C)cc(c1OCCOCCOCCO)C2. The van der Waals surface area contributed by atoms with Crippen LogP contribution in [0.5, 0.6) is 23.0 Å². The summed E-state index contributed by atoms with van der Waals surface area (Å²) in [5.74, 6) is 3.30. The number of benzene rings is 4. The van der Waals surface area contributed by atoms with E-state index in [1.54, 1.807) is 14.2 Å². The molecule has 0 amide bonds. The lowest BCUT2D eigenvalue weighted by Crippen LogP contribution is -2.19. The number of rotatable bonds is 26. The van der Waals surface area contributed by atoms with Gasteiger partial charge in [-0.05, 0) is 88.4 Å². The predicted molar refractivity (Wildman–Crippen MR) is 295 cm³/mol. The van der Waals surface area contributed by atoms with Crippen molar-refractivity contribution in [2.24, 2.45) is 0 Å². The number of hydrogen-bond acceptors (Lipinski definition) is 12. The third-order valence-electron chi connectivity index (χ3n) is 13.2. The lowest BCUT2D eigenvalue weighted by atomic mass is 9.79. The summed E-state index contributed by atoms with van der Waals surface area (Å²) in [6.07, 6.45) is 2.12. The molecule has 0 heterocycles. The summed E-state index contributed by atoms with van der Waals surface area (Å²) >= 11 is 0. The molecule has 1 aliphatic carbocycles. The second-order valence-electron chi connectivity index (χ2n) is 23.5. The maximum absolute atomic E-state index is 9.21. The molecule has 4 aromatic carbocycles. The predicted octanol–water partition coefficient (Wildman–Crippen LogP) is 10.4. The molecule has 0 aliphatic heterocycles. The second-order valence-corrected chi connectivity index (χ2v) is 23.5. The van der Waals surface area contributed by atoms with Crippen molar-refractivity contribution in [3.05, 3.63) is 115 Å². The van der Waals surface area contributed by atoms with Crippen molar-refractivity contribution in [3.63, 3.8) is 0 Å². The van der Waals surface area contributed by atoms with Crippen LogP contribution in [0, 0.1) is 0 Å². The molecule has 412 valence electrons. The first kappa shape index (κ1) is 60.6. The van der Waals surface area contributed by atoms with Crippen LogP contribution in [0.1, 0.15) is 150 Å². The Kier molecular flexibility index (Phi) is 23.1. The zero-order valence-corrected chi connectivity index (χ0v) is 47.7. The molecule has 2 N–H and O–H groups in total. The molecule has 74 heavy (non-hydrogen) atoms. The van der Waals surface area contributed by atoms with E-state index in [9.17, 15) is 10.2 Å². The molecular formula is C62H92O12. The molecule has 12 nitrogen and oxygen atoms in total. The molecule has 5 rings (SSSR count). The molecule has 0 fully saturated rings. The number of methoxy groups -OCH3 is 2. The minimum absolute atomic E-state index is 0.0288. The molecule has 0 spiro atoms. The quantitative estimate of drug-likeness (QED) is 0.0511. The fraction of sp³-hybridized carbons (Fsp3) is 0.613. The van der Waals surface area contributed by atoms with E-state index in [-0.39, 0.29) is 48.1 Å². The number of aliphatic hydroxyl groups excluding tert-OH is 2. The Balaban J connectivity index is 1.89. The minimum Gasteiger partial charge on any atom is -0.491 e. The van der Waals surface area contributed by atoms with Gasteiger partial charge in [-0.15, -0.1) is 0 Å². The molecule has 0 unspecified atom stereocenters. The van der Waals surface area contributed by atoms with E-state index in [1.807, 2.05) is 0 Å². The van der Waals surface area contributed by atoms with E-state index in [1.165, 1.54) is 22.3 Å². The fourth-order valence-corrected chi connectivity index (χ4v) is 8.99. The van der Waals surface area contributed by atoms with Gasteiger partial charge >= 0.3 is 0 Å². The standard InChI is InChI=1S/C62H92O12/c1-59(2,3)51-35-43-31-47-39-53(61(7,8)9)41-49(57(47)73-29-25-69-23-21-67-17-15-63)33-45-37-52(60(4,5)6)38-46(56(45)72-28-20-66-14)34-50-42-54(62(10,11)12)40-48(32-44(36-51)55(43)71-27-19-65-13)58(50)74-30-26-70-24-22-68-18-16-64/h35-42,63-64H,15-34H2,1-14H3. The van der Waals surface area contributed by atoms with Crippen molar-refractivity contribution in [2.75, 3.05) is 120 Å². The first-order valence-corrected chi connectivity index (χ1v) is 26.8. The van der Waals surface area contributed by atoms with Crippen LogP contribution < -0.4 is 18.9 Å². The van der Waals surface area contributed by atoms with E-state index < -0.39 is 0 Å². The Morgan fingerprint density at radius 3 is 0.676 bits per heavy atom. The van der Waals surface area contributed by atoms with Crippen molar-refractivity contribution < 1.29 is 57.6 Å². The van der Waals surface area contributed by atoms with Crippen LogP contribution in [0.2, 0.25) is 0 Å². The molecule has 1 aliphatic rings. The third kappa shape index (κ3) is 17.9. The molecular weight excluding hydrogens is 937 g/mol. The van der Waals surface area contributed by atoms with Crippen molar-refractivity contribution in [1.29, 1.82) is 0 Å². The summed E-state index contributed by atoms with van der Waals surface area (Å²) in [6.45, 7) is 32.2. The van der Waals surface area contributed by atoms with Gasteiger partial charge in [0.2, 0.25) is 0 Å². The molecule has 0 radical (unpaired) electrons. The van der Waals surface area contributed by atoms with E-state index in [2.05, 4.69) is 132 Å². The maximum atomic E-state index is 9.21. The summed E-state index contributed by atoms with van der Waals surface area (Å²) in [7, 11) is 3.41. The van der Waals surface area contributed by atoms with Gasteiger partial charge in [0.1, 0.15) is 49.4 Å². The van der Waals surface area contributed by atoms with Crippen molar-refractivity contribution in [1.82, 2.24) is 0 Å². The van der Waals surface area contributed by atoms with Crippen molar-refractivity contribution >= 4 is 0 Å². The molecule has 4 aromatic rings. The van der Waals surface area contributed by atoms with E-state index in [0.29, 0.717) is 105 Å². The average Bonchev–Trinajstić information content (AvgIpc) is 3.31. The monoisotopic (exact) mass is 1030 g/mol. The lowest BCUT2D eigenvalue weighted by Gasteiger charge is -2.29. The van der Waals surface area contributed by atoms with Gasteiger partial charge in [0.25, 0.3) is 0 Å². The van der Waals surface area contributed by atoms with Gasteiger partial charge in [-0.1, -0.05) is 132 Å². The van der Waals surface area contributed by atoms with Crippen molar-refractivity contribution in [3.8, 4) is 23.0 Å². The summed E-state index contributed by atoms with van der Waals surface area (Å²) in [5.41, 5.74) is 12.4. The number of aliphatic hydroxyl groups is 2. The van der Waals surface area contributed by atoms with Crippen LogP contribution in [0.4, 0.5) is 0 Å². The minimum atomic E-state index is -0.200. The van der Waals surface area contributed by atoms with Crippen LogP contribution in [0.25, 0.3) is 0 Å². The van der Waals surface area contributed by atoms with Crippen LogP contribution in [0.15, 0.2) is 48.5 Å². The highest BCUT2D eigenvalue weighted by Gasteiger charge is 2.29. The van der Waals surface area contributed by atoms with Gasteiger partial charge in [-0.25, -0.2) is 0 Å². The zero-order valence-electron chi connectivity index (χ0n) is 47.7. The first-order chi connectivity index (χ1) is 35.1. The first-order valence-electron chi connectivity index (χ1n) is 26.8. The number of ether oxygens (including phenoxy) is 10. The second kappa shape index (κ2) is 28.2. The van der Waals surface area contributed by atoms with Crippen LogP contribution >= 0.6 is 0 Å². The number of hydrogen-bond donors (Lipinski definition) is 2. The maximum Gasteiger partial charge on any atom is 0.126 e. The van der Waals surface area contributed by atoms with Gasteiger partial charge in [0.05, 0.1) is 79.3 Å². The molecule has 0 saturated carbocycles. The molecule has 0 aromatic heterocycles. The highest BCUT2D eigenvalue weighted by molar-refractivity contribution is 5.60. The Hall–Kier alpha value is -4.24. The zero-order chi connectivity index (χ0) is 54.1. The molecule has 0 atom stereocenters. The van der Waals surface area contributed by atoms with E-state index in [4.69, 9.17) is 47.4 Å². The highest BCUT2D eigenvalue weighted by Crippen LogP contribution is 2.44. The summed E-state index contributed by atoms with van der Waals surface area (Å²) in [6, 6.07) is 18.6. The van der Waals surface area contributed by atoms with Crippen LogP contribution in [0.3, 0.4) is 0 Å². The fourth-order valence-electron chi connectivity index (χ4n) is 8.99. The van der Waals surface area contributed by atoms with Gasteiger partial charge in [0.15, 0.2) is 0 Å². The smallest absolute Gasteiger partial charge is 0.126 e. The van der Waals surface area contributed by atoms with Crippen LogP contribution in [-0.4, -0.2) is 130 Å². The summed E-state index contributed by atoms with van der Waals surface area (Å²) in [4.78, 5) is 0. The van der Waals surface area contributed by atoms with Crippen LogP contribution in [-0.2, 0) is 75.8 Å². The average molecular weight is 1030 g/mol. The third-order valence-corrected chi connectivity index (χ3v) is 13.2. The molecule has 8 bridgehead atoms. The lowest BCUT2D eigenvalue weighted by molar-refractivity contribution is 0.0246. The normalized spacial score (nSPS) is 13.3. The summed E-state index contributed by atoms with van der Waals surface area (Å²) < 4.78 is 62.2. The molecule has 12 heteroatoms. The summed E-state index contributed by atoms with van der Waals surface area (Å²) in [5, 5.41) is 18.4. The number of fused-ring (bicyclic) bond motifs is 8.